The molecule has 2 amide bonds. The van der Waals surface area contributed by atoms with Crippen LogP contribution in [0.2, 0.25) is 0 Å². The molecular formula is C28H34F3N3O4S. The molecule has 0 aromatic heterocycles. The highest BCUT2D eigenvalue weighted by molar-refractivity contribution is 7.91. The fourth-order valence-electron chi connectivity index (χ4n) is 5.87. The number of likely N-dealkylation sites (tertiary alicyclic amines) is 1. The molecule has 1 N–H and O–H groups in total. The lowest BCUT2D eigenvalue weighted by Gasteiger charge is -2.42. The fraction of sp³-hybridized carbons (Fsp3) is 0.500. The maximum absolute atomic E-state index is 14.2. The predicted molar refractivity (Wildman–Crippen MR) is 140 cm³/mol. The molecule has 2 aromatic carbocycles. The van der Waals surface area contributed by atoms with Gasteiger partial charge in [0.2, 0.25) is 5.91 Å². The predicted octanol–water partition coefficient (Wildman–Crippen LogP) is 4.26. The van der Waals surface area contributed by atoms with Gasteiger partial charge in [0.15, 0.2) is 9.84 Å². The molecule has 2 aromatic rings. The molecule has 212 valence electrons. The van der Waals surface area contributed by atoms with Crippen LogP contribution in [-0.2, 0) is 14.6 Å². The molecular weight excluding hydrogens is 531 g/mol. The second kappa shape index (κ2) is 11.7. The van der Waals surface area contributed by atoms with E-state index in [4.69, 9.17) is 0 Å². The van der Waals surface area contributed by atoms with Gasteiger partial charge >= 0.3 is 6.30 Å². The average molecular weight is 566 g/mol. The molecule has 0 spiro atoms. The number of carbonyl (C=O) groups excluding carboxylic acids is 2. The minimum Gasteiger partial charge on any atom is -0.338 e. The molecule has 11 heteroatoms. The maximum atomic E-state index is 14.2. The van der Waals surface area contributed by atoms with Gasteiger partial charge in [0, 0.05) is 30.2 Å². The minimum atomic E-state index is -5.06. The highest BCUT2D eigenvalue weighted by atomic mass is 32.2. The van der Waals surface area contributed by atoms with Gasteiger partial charge < -0.3 is 10.2 Å². The number of halogens is 3. The number of carbonyl (C=O) groups is 2. The van der Waals surface area contributed by atoms with Gasteiger partial charge in [-0.25, -0.2) is 13.3 Å². The van der Waals surface area contributed by atoms with E-state index in [1.807, 2.05) is 13.8 Å². The Morgan fingerprint density at radius 2 is 1.64 bits per heavy atom. The third-order valence-corrected chi connectivity index (χ3v) is 9.34. The van der Waals surface area contributed by atoms with Gasteiger partial charge in [-0.05, 0) is 55.9 Å². The van der Waals surface area contributed by atoms with Crippen molar-refractivity contribution in [3.05, 3.63) is 66.2 Å². The van der Waals surface area contributed by atoms with Crippen LogP contribution in [0.1, 0.15) is 49.9 Å². The zero-order valence-electron chi connectivity index (χ0n) is 22.0. The summed E-state index contributed by atoms with van der Waals surface area (Å²) < 4.78 is 69.1. The summed E-state index contributed by atoms with van der Waals surface area (Å²) in [4.78, 5) is 27.7. The Hall–Kier alpha value is -2.92. The normalized spacial score (nSPS) is 24.3. The van der Waals surface area contributed by atoms with Crippen molar-refractivity contribution >= 4 is 21.7 Å². The number of benzene rings is 2. The molecule has 0 bridgehead atoms. The van der Waals surface area contributed by atoms with E-state index in [1.165, 1.54) is 41.3 Å². The summed E-state index contributed by atoms with van der Waals surface area (Å²) in [5.74, 6) is -2.78. The zero-order valence-corrected chi connectivity index (χ0v) is 22.8. The van der Waals surface area contributed by atoms with Crippen LogP contribution in [0.4, 0.5) is 13.2 Å². The van der Waals surface area contributed by atoms with Gasteiger partial charge in [-0.2, -0.15) is 0 Å². The lowest BCUT2D eigenvalue weighted by Crippen LogP contribution is -2.55. The molecule has 39 heavy (non-hydrogen) atoms. The van der Waals surface area contributed by atoms with E-state index in [2.05, 4.69) is 5.32 Å². The summed E-state index contributed by atoms with van der Waals surface area (Å²) in [7, 11) is -3.70. The van der Waals surface area contributed by atoms with Crippen LogP contribution in [-0.4, -0.2) is 72.8 Å². The fourth-order valence-corrected chi connectivity index (χ4v) is 7.56. The average Bonchev–Trinajstić information content (AvgIpc) is 3.24. The van der Waals surface area contributed by atoms with Crippen LogP contribution < -0.4 is 5.32 Å². The van der Waals surface area contributed by atoms with Gasteiger partial charge in [-0.3, -0.25) is 9.59 Å². The van der Waals surface area contributed by atoms with Crippen LogP contribution in [0, 0.1) is 5.92 Å². The zero-order chi connectivity index (χ0) is 28.4. The molecule has 1 saturated heterocycles. The summed E-state index contributed by atoms with van der Waals surface area (Å²) in [6, 6.07) is 13.1. The van der Waals surface area contributed by atoms with Crippen molar-refractivity contribution in [2.24, 2.45) is 5.92 Å². The molecule has 2 unspecified atom stereocenters. The van der Waals surface area contributed by atoms with Crippen LogP contribution >= 0.6 is 0 Å². The maximum Gasteiger partial charge on any atom is 0.488 e. The largest absolute Gasteiger partial charge is 0.488 e. The molecule has 1 saturated carbocycles. The number of alkyl halides is 3. The topological polar surface area (TPSA) is 86.8 Å². The second-order valence-corrected chi connectivity index (χ2v) is 12.6. The van der Waals surface area contributed by atoms with E-state index < -0.39 is 46.0 Å². The molecule has 2 aliphatic rings. The monoisotopic (exact) mass is 565 g/mol. The van der Waals surface area contributed by atoms with Gasteiger partial charge in [0.1, 0.15) is 6.04 Å². The summed E-state index contributed by atoms with van der Waals surface area (Å²) >= 11 is 0. The summed E-state index contributed by atoms with van der Waals surface area (Å²) in [5, 5.41) is 3.44. The molecule has 0 radical (unpaired) electrons. The minimum absolute atomic E-state index is 0.0208. The van der Waals surface area contributed by atoms with Crippen molar-refractivity contribution in [2.45, 2.75) is 74.9 Å². The van der Waals surface area contributed by atoms with Gasteiger partial charge in [0.25, 0.3) is 5.91 Å². The third kappa shape index (κ3) is 6.63. The van der Waals surface area contributed by atoms with Crippen molar-refractivity contribution < 1.29 is 31.2 Å². The van der Waals surface area contributed by atoms with E-state index in [1.54, 1.807) is 24.3 Å². The van der Waals surface area contributed by atoms with E-state index in [0.29, 0.717) is 19.3 Å². The summed E-state index contributed by atoms with van der Waals surface area (Å²) in [6.07, 6.45) is -3.66. The third-order valence-electron chi connectivity index (χ3n) is 7.48. The number of hydrogen-bond acceptors (Lipinski definition) is 5. The number of hydrogen-bond donors (Lipinski definition) is 1. The van der Waals surface area contributed by atoms with Crippen LogP contribution in [0.25, 0.3) is 0 Å². The highest BCUT2D eigenvalue weighted by Crippen LogP contribution is 2.37. The number of rotatable bonds is 8. The summed E-state index contributed by atoms with van der Waals surface area (Å²) in [6.45, 7) is 4.00. The Labute approximate surface area is 227 Å². The first-order valence-corrected chi connectivity index (χ1v) is 14.8. The molecule has 1 heterocycles. The van der Waals surface area contributed by atoms with E-state index >= 15 is 0 Å². The van der Waals surface area contributed by atoms with E-state index in [9.17, 15) is 31.2 Å². The van der Waals surface area contributed by atoms with Crippen molar-refractivity contribution in [3.63, 3.8) is 0 Å². The number of nitrogens with one attached hydrogen (secondary N) is 1. The Morgan fingerprint density at radius 3 is 2.23 bits per heavy atom. The number of amides is 2. The second-order valence-electron chi connectivity index (χ2n) is 10.6. The van der Waals surface area contributed by atoms with Gasteiger partial charge in [-0.15, -0.1) is 13.2 Å². The molecule has 1 aliphatic heterocycles. The first-order chi connectivity index (χ1) is 18.4. The SMILES string of the molecule is CC(C)N[C@@H]1CCC(N2CCC(N(C(=O)c3ccccc3)C(F)(F)F)C2=O)[C@H](CS(=O)(=O)c2ccccc2)C1. The molecule has 7 nitrogen and oxygen atoms in total. The highest BCUT2D eigenvalue weighted by Gasteiger charge is 2.53. The number of nitrogens with zero attached hydrogens (tertiary/aromatic N) is 2. The van der Waals surface area contributed by atoms with Crippen molar-refractivity contribution in [1.82, 2.24) is 15.1 Å². The Kier molecular flexibility index (Phi) is 8.70. The van der Waals surface area contributed by atoms with Gasteiger partial charge in [-0.1, -0.05) is 50.2 Å². The van der Waals surface area contributed by atoms with E-state index in [0.717, 1.165) is 0 Å². The lowest BCUT2D eigenvalue weighted by atomic mass is 9.81. The Bertz CT molecular complexity index is 1260. The molecule has 4 atom stereocenters. The lowest BCUT2D eigenvalue weighted by molar-refractivity contribution is -0.235. The molecule has 2 fully saturated rings. The number of sulfone groups is 1. The van der Waals surface area contributed by atoms with E-state index in [-0.39, 0.29) is 46.2 Å². The Morgan fingerprint density at radius 1 is 1.03 bits per heavy atom. The summed E-state index contributed by atoms with van der Waals surface area (Å²) in [5.41, 5.74) is -0.159. The van der Waals surface area contributed by atoms with Crippen LogP contribution in [0.15, 0.2) is 65.6 Å². The van der Waals surface area contributed by atoms with Crippen LogP contribution in [0.5, 0.6) is 0 Å². The molecule has 4 rings (SSSR count). The van der Waals surface area contributed by atoms with Crippen molar-refractivity contribution in [3.8, 4) is 0 Å². The first kappa shape index (κ1) is 29.1. The molecule has 1 aliphatic carbocycles. The quantitative estimate of drug-likeness (QED) is 0.484. The Balaban J connectivity index is 1.60. The van der Waals surface area contributed by atoms with Crippen LogP contribution in [0.3, 0.4) is 0 Å². The smallest absolute Gasteiger partial charge is 0.338 e. The standard InChI is InChI=1S/C28H34F3N3O4S/c1-19(2)32-22-13-14-24(21(17-22)18-39(37,38)23-11-7-4-8-12-23)33-16-15-25(27(33)36)34(28(29,30)31)26(35)20-9-5-3-6-10-20/h3-12,19,21-22,24-25,32H,13-18H2,1-2H3/t21-,22+,24?,25?/m0/s1. The van der Waals surface area contributed by atoms with Crippen molar-refractivity contribution in [1.29, 1.82) is 0 Å². The van der Waals surface area contributed by atoms with Gasteiger partial charge in [0.05, 0.1) is 10.6 Å². The first-order valence-electron chi connectivity index (χ1n) is 13.2. The van der Waals surface area contributed by atoms with Crippen molar-refractivity contribution in [2.75, 3.05) is 12.3 Å².